The summed E-state index contributed by atoms with van der Waals surface area (Å²) in [5, 5.41) is 0. The number of fused-ring (bicyclic) bond motifs is 1. The molecule has 2 aromatic rings. The Morgan fingerprint density at radius 3 is 2.91 bits per heavy atom. The molecular formula is C10H13N4O7PS. The Hall–Kier alpha value is -1.56. The van der Waals surface area contributed by atoms with Crippen LogP contribution >= 0.6 is 18.9 Å². The van der Waals surface area contributed by atoms with E-state index in [1.54, 1.807) is 0 Å². The third kappa shape index (κ3) is 3.37. The zero-order chi connectivity index (χ0) is 16.8. The number of anilines is 1. The van der Waals surface area contributed by atoms with Crippen molar-refractivity contribution in [2.45, 2.75) is 25.4 Å². The molecule has 0 amide bonds. The average molecular weight is 364 g/mol. The maximum absolute atomic E-state index is 12.1. The smallest absolute Gasteiger partial charge is 0.351 e. The molecule has 0 spiro atoms. The highest BCUT2D eigenvalue weighted by atomic mass is 32.1. The molecule has 13 heteroatoms. The number of thiazole rings is 1. The van der Waals surface area contributed by atoms with E-state index < -0.39 is 36.9 Å². The topological polar surface area (TPSA) is 170 Å². The molecule has 0 radical (unpaired) electrons. The van der Waals surface area contributed by atoms with E-state index in [4.69, 9.17) is 25.0 Å². The normalized spacial score (nSPS) is 22.0. The zero-order valence-electron chi connectivity index (χ0n) is 11.5. The first-order valence-electron chi connectivity index (χ1n) is 6.47. The number of hydrogen-bond donors (Lipinski definition) is 4. The molecule has 2 atom stereocenters. The van der Waals surface area contributed by atoms with Gasteiger partial charge in [-0.3, -0.25) is 23.7 Å². The van der Waals surface area contributed by atoms with Crippen LogP contribution in [0.1, 0.15) is 19.1 Å². The summed E-state index contributed by atoms with van der Waals surface area (Å²) < 4.78 is 22.6. The largest absolute Gasteiger partial charge is 0.369 e. The molecule has 0 bridgehead atoms. The Morgan fingerprint density at radius 1 is 1.48 bits per heavy atom. The first kappa shape index (κ1) is 16.3. The number of H-pyrrole nitrogens is 1. The Morgan fingerprint density at radius 2 is 2.22 bits per heavy atom. The molecule has 0 aromatic carbocycles. The van der Waals surface area contributed by atoms with Crippen LogP contribution in [0.4, 0.5) is 5.95 Å². The maximum atomic E-state index is 12.1. The van der Waals surface area contributed by atoms with Gasteiger partial charge in [-0.2, -0.15) is 4.98 Å². The highest BCUT2D eigenvalue weighted by Gasteiger charge is 2.32. The minimum atomic E-state index is -4.30. The summed E-state index contributed by atoms with van der Waals surface area (Å²) >= 11 is 0.720. The van der Waals surface area contributed by atoms with E-state index in [1.165, 1.54) is 4.57 Å². The van der Waals surface area contributed by atoms with E-state index in [0.29, 0.717) is 12.8 Å². The van der Waals surface area contributed by atoms with Crippen molar-refractivity contribution < 1.29 is 23.8 Å². The van der Waals surface area contributed by atoms with Gasteiger partial charge in [0, 0.05) is 6.42 Å². The maximum Gasteiger partial charge on any atom is 0.351 e. The average Bonchev–Trinajstić information content (AvgIpc) is 2.99. The van der Waals surface area contributed by atoms with Gasteiger partial charge in [-0.15, -0.1) is 0 Å². The minimum absolute atomic E-state index is 0.113. The first-order chi connectivity index (χ1) is 10.7. The van der Waals surface area contributed by atoms with Gasteiger partial charge in [0.05, 0.1) is 0 Å². The molecule has 5 N–H and O–H groups in total. The molecule has 3 rings (SSSR count). The molecule has 1 aliphatic rings. The Labute approximate surface area is 131 Å². The summed E-state index contributed by atoms with van der Waals surface area (Å²) in [7, 11) is -4.30. The van der Waals surface area contributed by atoms with Crippen LogP contribution in [0, 0.1) is 0 Å². The molecule has 2 aromatic heterocycles. The lowest BCUT2D eigenvalue weighted by molar-refractivity contribution is -0.140. The molecule has 1 fully saturated rings. The molecule has 11 nitrogen and oxygen atoms in total. The fourth-order valence-corrected chi connectivity index (χ4v) is 3.50. The van der Waals surface area contributed by atoms with Crippen molar-refractivity contribution >= 4 is 35.2 Å². The fraction of sp³-hybridized carbons (Fsp3) is 0.500. The number of rotatable bonds is 4. The second-order valence-corrected chi connectivity index (χ2v) is 7.45. The number of aromatic nitrogens is 3. The highest BCUT2D eigenvalue weighted by Crippen LogP contribution is 2.37. The van der Waals surface area contributed by atoms with Crippen LogP contribution in [-0.4, -0.2) is 37.0 Å². The van der Waals surface area contributed by atoms with E-state index in [2.05, 4.69) is 9.97 Å². The van der Waals surface area contributed by atoms with E-state index in [0.717, 1.165) is 11.3 Å². The number of hydrogen-bond acceptors (Lipinski definition) is 8. The Bertz CT molecular complexity index is 899. The number of nitrogens with two attached hydrogens (primary N) is 1. The summed E-state index contributed by atoms with van der Waals surface area (Å²) in [4.78, 5) is 47.3. The van der Waals surface area contributed by atoms with Crippen molar-refractivity contribution in [3.63, 3.8) is 0 Å². The summed E-state index contributed by atoms with van der Waals surface area (Å²) in [6.45, 7) is 0. The van der Waals surface area contributed by atoms with Crippen LogP contribution < -0.4 is 16.2 Å². The van der Waals surface area contributed by atoms with Gasteiger partial charge in [0.25, 0.3) is 5.56 Å². The van der Waals surface area contributed by atoms with Crippen LogP contribution in [0.5, 0.6) is 0 Å². The number of aromatic amines is 1. The van der Waals surface area contributed by atoms with Gasteiger partial charge in [0.2, 0.25) is 5.95 Å². The molecule has 0 aliphatic carbocycles. The molecule has 1 aliphatic heterocycles. The standard InChI is InChI=1S/C10H13N4O7PS/c11-9-12-7-6(8(15)13-9)23-10(16)14(7)4-1-2-5(21-4)20-3-22(17,18)19/h4-5H,1-3H2,(H2,17,18,19)(H3,11,12,13,15)/t4-,5+/m1/s1. The number of nitrogens with one attached hydrogen (secondary N) is 1. The van der Waals surface area contributed by atoms with Gasteiger partial charge in [0.15, 0.2) is 18.3 Å². The van der Waals surface area contributed by atoms with E-state index in [-0.39, 0.29) is 16.3 Å². The van der Waals surface area contributed by atoms with Gasteiger partial charge in [-0.1, -0.05) is 11.3 Å². The van der Waals surface area contributed by atoms with Crippen molar-refractivity contribution in [2.24, 2.45) is 0 Å². The third-order valence-electron chi connectivity index (χ3n) is 3.17. The molecule has 3 heterocycles. The molecule has 1 saturated heterocycles. The monoisotopic (exact) mass is 364 g/mol. The van der Waals surface area contributed by atoms with Crippen LogP contribution in [0.15, 0.2) is 9.59 Å². The summed E-state index contributed by atoms with van der Waals surface area (Å²) in [5.74, 6) is -0.124. The van der Waals surface area contributed by atoms with Crippen molar-refractivity contribution in [3.8, 4) is 0 Å². The molecular weight excluding hydrogens is 351 g/mol. The van der Waals surface area contributed by atoms with Crippen LogP contribution in [-0.2, 0) is 14.0 Å². The lowest BCUT2D eigenvalue weighted by Crippen LogP contribution is -2.22. The molecule has 0 unspecified atom stereocenters. The third-order valence-corrected chi connectivity index (χ3v) is 4.60. The number of ether oxygens (including phenoxy) is 2. The SMILES string of the molecule is Nc1nc2c(sc(=O)n2[C@H]2CC[C@@H](OCP(=O)(O)O)O2)c(=O)[nH]1. The summed E-state index contributed by atoms with van der Waals surface area (Å²) in [6.07, 6.45) is -1.66. The van der Waals surface area contributed by atoms with E-state index in [1.807, 2.05) is 0 Å². The van der Waals surface area contributed by atoms with E-state index in [9.17, 15) is 14.2 Å². The molecule has 0 saturated carbocycles. The van der Waals surface area contributed by atoms with Crippen LogP contribution in [0.3, 0.4) is 0 Å². The van der Waals surface area contributed by atoms with Gasteiger partial charge < -0.3 is 25.0 Å². The molecule has 126 valence electrons. The zero-order valence-corrected chi connectivity index (χ0v) is 13.2. The number of nitrogen functional groups attached to an aromatic ring is 1. The lowest BCUT2D eigenvalue weighted by atomic mass is 10.3. The Kier molecular flexibility index (Phi) is 4.12. The van der Waals surface area contributed by atoms with Gasteiger partial charge in [-0.05, 0) is 6.42 Å². The number of nitrogens with zero attached hydrogens (tertiary/aromatic N) is 2. The Balaban J connectivity index is 1.87. The second kappa shape index (κ2) is 5.82. The predicted octanol–water partition coefficient (Wildman–Crippen LogP) is -0.485. The van der Waals surface area contributed by atoms with Crippen molar-refractivity contribution in [3.05, 3.63) is 20.0 Å². The van der Waals surface area contributed by atoms with Crippen LogP contribution in [0.25, 0.3) is 10.3 Å². The lowest BCUT2D eigenvalue weighted by Gasteiger charge is -2.15. The molecule has 23 heavy (non-hydrogen) atoms. The van der Waals surface area contributed by atoms with Crippen molar-refractivity contribution in [1.82, 2.24) is 14.5 Å². The minimum Gasteiger partial charge on any atom is -0.369 e. The summed E-state index contributed by atoms with van der Waals surface area (Å²) in [5.41, 5.74) is 5.09. The summed E-state index contributed by atoms with van der Waals surface area (Å²) in [6, 6.07) is 0. The predicted molar refractivity (Wildman–Crippen MR) is 80.1 cm³/mol. The quantitative estimate of drug-likeness (QED) is 0.523. The van der Waals surface area contributed by atoms with Crippen molar-refractivity contribution in [1.29, 1.82) is 0 Å². The fourth-order valence-electron chi connectivity index (χ4n) is 2.28. The van der Waals surface area contributed by atoms with Crippen molar-refractivity contribution in [2.75, 3.05) is 12.1 Å². The van der Waals surface area contributed by atoms with Gasteiger partial charge >= 0.3 is 12.5 Å². The van der Waals surface area contributed by atoms with Gasteiger partial charge in [-0.25, -0.2) is 0 Å². The highest BCUT2D eigenvalue weighted by molar-refractivity contribution is 7.51. The van der Waals surface area contributed by atoms with Crippen LogP contribution in [0.2, 0.25) is 0 Å². The van der Waals surface area contributed by atoms with E-state index >= 15 is 0 Å². The second-order valence-electron chi connectivity index (χ2n) is 4.90. The van der Waals surface area contributed by atoms with Gasteiger partial charge in [0.1, 0.15) is 10.9 Å². The first-order valence-corrected chi connectivity index (χ1v) is 9.08.